The summed E-state index contributed by atoms with van der Waals surface area (Å²) < 4.78 is 13.4. The molecule has 0 radical (unpaired) electrons. The van der Waals surface area contributed by atoms with Gasteiger partial charge in [-0.15, -0.1) is 0 Å². The maximum absolute atomic E-state index is 13.4. The van der Waals surface area contributed by atoms with Crippen LogP contribution in [0.1, 0.15) is 58.1 Å². The average Bonchev–Trinajstić information content (AvgIpc) is 2.17. The minimum atomic E-state index is -0.732. The van der Waals surface area contributed by atoms with E-state index in [1.807, 2.05) is 6.92 Å². The van der Waals surface area contributed by atoms with Crippen molar-refractivity contribution in [3.63, 3.8) is 0 Å². The van der Waals surface area contributed by atoms with Crippen molar-refractivity contribution in [3.05, 3.63) is 35.1 Å². The molecule has 0 spiro atoms. The summed E-state index contributed by atoms with van der Waals surface area (Å²) in [6, 6.07) is 4.85. The van der Waals surface area contributed by atoms with Gasteiger partial charge < -0.3 is 5.11 Å². The standard InChI is InChI=1S/C18H27FO/c1-13-6-7-15(19)8-14(13)9-18(20)11-16(2,3)10-17(4,5)12-18/h6-8,20H,9-12H2,1-5H3. The van der Waals surface area contributed by atoms with E-state index in [4.69, 9.17) is 0 Å². The number of halogens is 1. The molecule has 0 unspecified atom stereocenters. The Morgan fingerprint density at radius 2 is 1.60 bits per heavy atom. The molecule has 1 saturated carbocycles. The minimum Gasteiger partial charge on any atom is -0.390 e. The second-order valence-electron chi connectivity index (χ2n) is 8.33. The van der Waals surface area contributed by atoms with Gasteiger partial charge in [-0.25, -0.2) is 4.39 Å². The van der Waals surface area contributed by atoms with E-state index in [0.29, 0.717) is 6.42 Å². The van der Waals surface area contributed by atoms with Crippen LogP contribution in [0.2, 0.25) is 0 Å². The van der Waals surface area contributed by atoms with E-state index in [1.54, 1.807) is 12.1 Å². The van der Waals surface area contributed by atoms with Gasteiger partial charge in [0.15, 0.2) is 0 Å². The Morgan fingerprint density at radius 1 is 1.05 bits per heavy atom. The molecule has 0 heterocycles. The van der Waals surface area contributed by atoms with E-state index in [9.17, 15) is 9.50 Å². The summed E-state index contributed by atoms with van der Waals surface area (Å²) >= 11 is 0. The summed E-state index contributed by atoms with van der Waals surface area (Å²) in [5, 5.41) is 11.1. The van der Waals surface area contributed by atoms with Gasteiger partial charge in [0.2, 0.25) is 0 Å². The van der Waals surface area contributed by atoms with Crippen molar-refractivity contribution in [1.82, 2.24) is 0 Å². The van der Waals surface area contributed by atoms with Crippen LogP contribution >= 0.6 is 0 Å². The van der Waals surface area contributed by atoms with Crippen LogP contribution in [-0.4, -0.2) is 10.7 Å². The second-order valence-corrected chi connectivity index (χ2v) is 8.33. The fourth-order valence-electron chi connectivity index (χ4n) is 4.57. The van der Waals surface area contributed by atoms with Gasteiger partial charge in [-0.2, -0.15) is 0 Å². The van der Waals surface area contributed by atoms with Gasteiger partial charge in [0.05, 0.1) is 5.60 Å². The van der Waals surface area contributed by atoms with Crippen molar-refractivity contribution in [3.8, 4) is 0 Å². The Hall–Kier alpha value is -0.890. The molecule has 0 bridgehead atoms. The number of hydrogen-bond acceptors (Lipinski definition) is 1. The molecule has 112 valence electrons. The highest BCUT2D eigenvalue weighted by Gasteiger charge is 2.46. The Bertz CT molecular complexity index is 486. The molecule has 0 saturated heterocycles. The van der Waals surface area contributed by atoms with Gasteiger partial charge in [0.1, 0.15) is 5.82 Å². The van der Waals surface area contributed by atoms with Crippen molar-refractivity contribution < 1.29 is 9.50 Å². The molecular weight excluding hydrogens is 251 g/mol. The van der Waals surface area contributed by atoms with Crippen LogP contribution in [-0.2, 0) is 6.42 Å². The molecule has 0 aromatic heterocycles. The molecule has 0 aliphatic heterocycles. The topological polar surface area (TPSA) is 20.2 Å². The Kier molecular flexibility index (Phi) is 3.75. The number of aliphatic hydroxyl groups is 1. The molecule has 2 heteroatoms. The van der Waals surface area contributed by atoms with Gasteiger partial charge in [0, 0.05) is 6.42 Å². The van der Waals surface area contributed by atoms with Crippen LogP contribution in [0.5, 0.6) is 0 Å². The van der Waals surface area contributed by atoms with Crippen LogP contribution in [0.4, 0.5) is 4.39 Å². The maximum atomic E-state index is 13.4. The van der Waals surface area contributed by atoms with Crippen LogP contribution in [0.25, 0.3) is 0 Å². The van der Waals surface area contributed by atoms with Crippen molar-refractivity contribution in [2.24, 2.45) is 10.8 Å². The number of rotatable bonds is 2. The van der Waals surface area contributed by atoms with E-state index < -0.39 is 5.60 Å². The summed E-state index contributed by atoms with van der Waals surface area (Å²) in [5.41, 5.74) is 1.50. The first-order valence-electron chi connectivity index (χ1n) is 7.48. The highest BCUT2D eigenvalue weighted by Crippen LogP contribution is 2.51. The smallest absolute Gasteiger partial charge is 0.123 e. The van der Waals surface area contributed by atoms with Crippen molar-refractivity contribution in [2.75, 3.05) is 0 Å². The van der Waals surface area contributed by atoms with E-state index in [2.05, 4.69) is 27.7 Å². The van der Waals surface area contributed by atoms with Gasteiger partial charge >= 0.3 is 0 Å². The number of hydrogen-bond donors (Lipinski definition) is 1. The lowest BCUT2D eigenvalue weighted by atomic mass is 9.58. The Labute approximate surface area is 122 Å². The number of aryl methyl sites for hydroxylation is 1. The first kappa shape index (κ1) is 15.5. The van der Waals surface area contributed by atoms with Gasteiger partial charge in [-0.1, -0.05) is 33.8 Å². The molecule has 0 atom stereocenters. The highest BCUT2D eigenvalue weighted by atomic mass is 19.1. The van der Waals surface area contributed by atoms with E-state index in [1.165, 1.54) is 6.07 Å². The SMILES string of the molecule is Cc1ccc(F)cc1CC1(O)CC(C)(C)CC(C)(C)C1. The fourth-order valence-corrected chi connectivity index (χ4v) is 4.57. The Balaban J connectivity index is 2.28. The first-order valence-corrected chi connectivity index (χ1v) is 7.48. The monoisotopic (exact) mass is 278 g/mol. The van der Waals surface area contributed by atoms with E-state index in [0.717, 1.165) is 30.4 Å². The predicted octanol–water partition coefficient (Wildman–Crippen LogP) is 4.64. The normalized spacial score (nSPS) is 23.6. The van der Waals surface area contributed by atoms with Crippen molar-refractivity contribution in [1.29, 1.82) is 0 Å². The largest absolute Gasteiger partial charge is 0.390 e. The summed E-state index contributed by atoms with van der Waals surface area (Å²) in [4.78, 5) is 0. The molecule has 2 rings (SSSR count). The molecule has 1 aliphatic carbocycles. The average molecular weight is 278 g/mol. The third-order valence-corrected chi connectivity index (χ3v) is 4.40. The zero-order valence-corrected chi connectivity index (χ0v) is 13.4. The maximum Gasteiger partial charge on any atom is 0.123 e. The first-order chi connectivity index (χ1) is 9.00. The Morgan fingerprint density at radius 3 is 2.15 bits per heavy atom. The van der Waals surface area contributed by atoms with Crippen molar-refractivity contribution in [2.45, 2.75) is 65.9 Å². The van der Waals surface area contributed by atoms with Gasteiger partial charge in [-0.3, -0.25) is 0 Å². The lowest BCUT2D eigenvalue weighted by Gasteiger charge is -2.49. The van der Waals surface area contributed by atoms with E-state index in [-0.39, 0.29) is 16.6 Å². The molecule has 1 fully saturated rings. The molecule has 1 nitrogen and oxygen atoms in total. The van der Waals surface area contributed by atoms with Crippen LogP contribution in [0.3, 0.4) is 0 Å². The third kappa shape index (κ3) is 3.60. The molecular formula is C18H27FO. The van der Waals surface area contributed by atoms with Gasteiger partial charge in [0.25, 0.3) is 0 Å². The molecule has 1 aromatic rings. The minimum absolute atomic E-state index is 0.123. The molecule has 0 amide bonds. The molecule has 20 heavy (non-hydrogen) atoms. The predicted molar refractivity (Wildman–Crippen MR) is 81.2 cm³/mol. The summed E-state index contributed by atoms with van der Waals surface area (Å²) in [7, 11) is 0. The summed E-state index contributed by atoms with van der Waals surface area (Å²) in [6.07, 6.45) is 3.21. The highest BCUT2D eigenvalue weighted by molar-refractivity contribution is 5.28. The van der Waals surface area contributed by atoms with Crippen LogP contribution in [0, 0.1) is 23.6 Å². The summed E-state index contributed by atoms with van der Waals surface area (Å²) in [6.45, 7) is 10.9. The quantitative estimate of drug-likeness (QED) is 0.835. The van der Waals surface area contributed by atoms with Crippen LogP contribution in [0.15, 0.2) is 18.2 Å². The number of benzene rings is 1. The molecule has 1 aliphatic rings. The van der Waals surface area contributed by atoms with Gasteiger partial charge in [-0.05, 0) is 60.3 Å². The lowest BCUT2D eigenvalue weighted by molar-refractivity contribution is -0.0851. The lowest BCUT2D eigenvalue weighted by Crippen LogP contribution is -2.47. The van der Waals surface area contributed by atoms with Crippen LogP contribution < -0.4 is 0 Å². The van der Waals surface area contributed by atoms with Crippen molar-refractivity contribution >= 4 is 0 Å². The second kappa shape index (κ2) is 4.84. The molecule has 1 N–H and O–H groups in total. The zero-order chi connectivity index (χ0) is 15.2. The third-order valence-electron chi connectivity index (χ3n) is 4.40. The zero-order valence-electron chi connectivity index (χ0n) is 13.4. The summed E-state index contributed by atoms with van der Waals surface area (Å²) in [5.74, 6) is -0.219. The molecule has 1 aromatic carbocycles. The van der Waals surface area contributed by atoms with E-state index >= 15 is 0 Å². The fraction of sp³-hybridized carbons (Fsp3) is 0.667.